The van der Waals surface area contributed by atoms with Crippen molar-refractivity contribution in [3.63, 3.8) is 0 Å². The molecule has 0 amide bonds. The molecule has 3 unspecified atom stereocenters. The van der Waals surface area contributed by atoms with E-state index in [1.165, 1.54) is 0 Å². The molecule has 4 nitrogen and oxygen atoms in total. The van der Waals surface area contributed by atoms with E-state index in [9.17, 15) is 13.2 Å². The molecule has 0 bridgehead atoms. The topological polar surface area (TPSA) is 42.7 Å². The number of hydrogen-bond acceptors (Lipinski definition) is 3. The van der Waals surface area contributed by atoms with Crippen LogP contribution in [0.25, 0.3) is 0 Å². The maximum Gasteiger partial charge on any atom is 0.505 e. The molecule has 1 N–H and O–H groups in total. The largest absolute Gasteiger partial charge is 0.505 e. The normalized spacial score (nSPS) is 24.2. The van der Waals surface area contributed by atoms with E-state index in [1.54, 1.807) is 0 Å². The number of aromatic nitrogens is 3. The first kappa shape index (κ1) is 13.3. The Kier molecular flexibility index (Phi) is 3.61. The lowest BCUT2D eigenvalue weighted by Crippen LogP contribution is -2.31. The first-order chi connectivity index (χ1) is 8.39. The molecule has 18 heavy (non-hydrogen) atoms. The summed E-state index contributed by atoms with van der Waals surface area (Å²) in [5.41, 5.74) is 0.397. The minimum atomic E-state index is -4.49. The molecule has 7 heteroatoms. The number of rotatable bonds is 3. The van der Waals surface area contributed by atoms with Crippen molar-refractivity contribution in [3.8, 4) is 0 Å². The van der Waals surface area contributed by atoms with Crippen LogP contribution in [0.15, 0.2) is 6.20 Å². The first-order valence-corrected chi connectivity index (χ1v) is 6.12. The zero-order valence-corrected chi connectivity index (χ0v) is 10.4. The van der Waals surface area contributed by atoms with Crippen molar-refractivity contribution < 1.29 is 13.2 Å². The summed E-state index contributed by atoms with van der Waals surface area (Å²) < 4.78 is 37.2. The van der Waals surface area contributed by atoms with Gasteiger partial charge in [0.05, 0.1) is 11.9 Å². The quantitative estimate of drug-likeness (QED) is 0.908. The Hall–Kier alpha value is -1.11. The van der Waals surface area contributed by atoms with Gasteiger partial charge in [-0.1, -0.05) is 19.1 Å². The highest BCUT2D eigenvalue weighted by Gasteiger charge is 2.34. The van der Waals surface area contributed by atoms with Gasteiger partial charge in [-0.2, -0.15) is 4.68 Å². The molecule has 2 rings (SSSR count). The van der Waals surface area contributed by atoms with Crippen LogP contribution in [-0.4, -0.2) is 27.6 Å². The fourth-order valence-electron chi connectivity index (χ4n) is 2.39. The molecule has 0 aliphatic carbocycles. The van der Waals surface area contributed by atoms with Gasteiger partial charge in [-0.3, -0.25) is 0 Å². The minimum absolute atomic E-state index is 0.0341. The van der Waals surface area contributed by atoms with Crippen molar-refractivity contribution in [2.45, 2.75) is 44.9 Å². The fraction of sp³-hybridized carbons (Fsp3) is 0.818. The smallest absolute Gasteiger partial charge is 0.314 e. The number of hydrogen-bond donors (Lipinski definition) is 1. The molecule has 0 radical (unpaired) electrons. The highest BCUT2D eigenvalue weighted by atomic mass is 19.4. The van der Waals surface area contributed by atoms with Gasteiger partial charge in [0, 0.05) is 12.0 Å². The molecule has 1 aliphatic heterocycles. The lowest BCUT2D eigenvalue weighted by molar-refractivity contribution is -0.213. The van der Waals surface area contributed by atoms with Crippen molar-refractivity contribution in [2.75, 3.05) is 6.54 Å². The van der Waals surface area contributed by atoms with Gasteiger partial charge in [0.2, 0.25) is 0 Å². The standard InChI is InChI=1S/C11H17F3N4/c1-7(9-4-3-5-15-9)8(2)10-6-18(17-16-10)11(12,13)14/h6-9,15H,3-5H2,1-2H3. The van der Waals surface area contributed by atoms with Gasteiger partial charge in [-0.25, -0.2) is 0 Å². The molecule has 1 aromatic rings. The van der Waals surface area contributed by atoms with E-state index in [-0.39, 0.29) is 16.5 Å². The van der Waals surface area contributed by atoms with Crippen molar-refractivity contribution in [1.29, 1.82) is 0 Å². The van der Waals surface area contributed by atoms with Gasteiger partial charge in [-0.15, -0.1) is 18.3 Å². The summed E-state index contributed by atoms with van der Waals surface area (Å²) in [7, 11) is 0. The molecular weight excluding hydrogens is 245 g/mol. The van der Waals surface area contributed by atoms with Crippen LogP contribution in [0.5, 0.6) is 0 Å². The fourth-order valence-corrected chi connectivity index (χ4v) is 2.39. The van der Waals surface area contributed by atoms with E-state index >= 15 is 0 Å². The Balaban J connectivity index is 2.08. The average Bonchev–Trinajstić information content (AvgIpc) is 2.96. The van der Waals surface area contributed by atoms with Crippen LogP contribution < -0.4 is 5.32 Å². The van der Waals surface area contributed by atoms with Gasteiger partial charge in [-0.05, 0) is 25.3 Å². The average molecular weight is 262 g/mol. The van der Waals surface area contributed by atoms with Gasteiger partial charge in [0.25, 0.3) is 0 Å². The SMILES string of the molecule is CC(c1cn(C(F)(F)F)nn1)C(C)C1CCCN1. The van der Waals surface area contributed by atoms with Crippen LogP contribution in [0.4, 0.5) is 13.2 Å². The van der Waals surface area contributed by atoms with Crippen LogP contribution in [0, 0.1) is 5.92 Å². The lowest BCUT2D eigenvalue weighted by Gasteiger charge is -2.24. The molecule has 0 saturated carbocycles. The number of alkyl halides is 3. The predicted octanol–water partition coefficient (Wildman–Crippen LogP) is 2.25. The zero-order valence-electron chi connectivity index (χ0n) is 10.4. The molecule has 1 fully saturated rings. The minimum Gasteiger partial charge on any atom is -0.314 e. The molecule has 0 spiro atoms. The summed E-state index contributed by atoms with van der Waals surface area (Å²) >= 11 is 0. The Morgan fingerprint density at radius 3 is 2.67 bits per heavy atom. The predicted molar refractivity (Wildman–Crippen MR) is 59.9 cm³/mol. The summed E-state index contributed by atoms with van der Waals surface area (Å²) in [4.78, 5) is 0. The second-order valence-electron chi connectivity index (χ2n) is 4.91. The molecule has 102 valence electrons. The van der Waals surface area contributed by atoms with Crippen molar-refractivity contribution in [2.24, 2.45) is 5.92 Å². The summed E-state index contributed by atoms with van der Waals surface area (Å²) in [5, 5.41) is 10.1. The van der Waals surface area contributed by atoms with E-state index in [0.717, 1.165) is 25.6 Å². The molecule has 1 aromatic heterocycles. The van der Waals surface area contributed by atoms with E-state index < -0.39 is 6.30 Å². The van der Waals surface area contributed by atoms with Crippen LogP contribution >= 0.6 is 0 Å². The Labute approximate surface area is 104 Å². The molecule has 1 aliphatic rings. The van der Waals surface area contributed by atoms with Crippen LogP contribution in [0.2, 0.25) is 0 Å². The third-order valence-electron chi connectivity index (χ3n) is 3.76. The molecule has 0 aromatic carbocycles. The van der Waals surface area contributed by atoms with Crippen molar-refractivity contribution >= 4 is 0 Å². The molecule has 2 heterocycles. The second kappa shape index (κ2) is 4.87. The summed E-state index contributed by atoms with van der Waals surface area (Å²) in [6, 6.07) is 0.357. The van der Waals surface area contributed by atoms with E-state index in [4.69, 9.17) is 0 Å². The Morgan fingerprint density at radius 1 is 1.44 bits per heavy atom. The molecular formula is C11H17F3N4. The molecule has 1 saturated heterocycles. The Bertz CT molecular complexity index is 395. The van der Waals surface area contributed by atoms with E-state index in [2.05, 4.69) is 15.6 Å². The van der Waals surface area contributed by atoms with Crippen molar-refractivity contribution in [3.05, 3.63) is 11.9 Å². The van der Waals surface area contributed by atoms with Gasteiger partial charge >= 0.3 is 6.30 Å². The van der Waals surface area contributed by atoms with Crippen LogP contribution in [-0.2, 0) is 6.30 Å². The third-order valence-corrected chi connectivity index (χ3v) is 3.76. The monoisotopic (exact) mass is 262 g/mol. The summed E-state index contributed by atoms with van der Waals surface area (Å²) in [6.07, 6.45) is -1.31. The highest BCUT2D eigenvalue weighted by molar-refractivity contribution is 5.04. The summed E-state index contributed by atoms with van der Waals surface area (Å²) in [5.74, 6) is 0.197. The maximum absolute atomic E-state index is 12.4. The van der Waals surface area contributed by atoms with Gasteiger partial charge in [0.1, 0.15) is 0 Å². The zero-order chi connectivity index (χ0) is 13.3. The third kappa shape index (κ3) is 2.66. The highest BCUT2D eigenvalue weighted by Crippen LogP contribution is 2.30. The lowest BCUT2D eigenvalue weighted by atomic mass is 9.86. The number of nitrogens with zero attached hydrogens (tertiary/aromatic N) is 3. The van der Waals surface area contributed by atoms with Gasteiger partial charge in [0.15, 0.2) is 0 Å². The summed E-state index contributed by atoms with van der Waals surface area (Å²) in [6.45, 7) is 4.92. The number of halogens is 3. The first-order valence-electron chi connectivity index (χ1n) is 6.12. The van der Waals surface area contributed by atoms with Gasteiger partial charge < -0.3 is 5.32 Å². The van der Waals surface area contributed by atoms with E-state index in [1.807, 2.05) is 13.8 Å². The Morgan fingerprint density at radius 2 is 2.17 bits per heavy atom. The molecule has 3 atom stereocenters. The van der Waals surface area contributed by atoms with Crippen molar-refractivity contribution in [1.82, 2.24) is 20.3 Å². The van der Waals surface area contributed by atoms with Crippen LogP contribution in [0.3, 0.4) is 0 Å². The second-order valence-corrected chi connectivity index (χ2v) is 4.91. The number of nitrogens with one attached hydrogen (secondary N) is 1. The van der Waals surface area contributed by atoms with Crippen LogP contribution in [0.1, 0.15) is 38.3 Å². The van der Waals surface area contributed by atoms with E-state index in [0.29, 0.717) is 11.7 Å². The maximum atomic E-state index is 12.4.